The van der Waals surface area contributed by atoms with Crippen molar-refractivity contribution in [1.29, 1.82) is 0 Å². The molecule has 1 aromatic rings. The molecule has 1 aromatic carbocycles. The first kappa shape index (κ1) is 12.5. The Bertz CT molecular complexity index is 352. The van der Waals surface area contributed by atoms with Crippen LogP contribution in [0.5, 0.6) is 0 Å². The molecule has 0 amide bonds. The molecule has 88 valence electrons. The second-order valence-corrected chi connectivity index (χ2v) is 3.43. The summed E-state index contributed by atoms with van der Waals surface area (Å²) >= 11 is 0. The van der Waals surface area contributed by atoms with Crippen LogP contribution < -0.4 is 4.90 Å². The molecular weight excluding hydrogens is 206 g/mol. The Morgan fingerprint density at radius 1 is 1.50 bits per heavy atom. The fourth-order valence-corrected chi connectivity index (χ4v) is 1.51. The molecule has 0 radical (unpaired) electrons. The van der Waals surface area contributed by atoms with Crippen LogP contribution in [0.15, 0.2) is 24.3 Å². The molecule has 4 nitrogen and oxygen atoms in total. The first-order chi connectivity index (χ1) is 7.69. The number of carboxylic acid groups (broad SMARTS) is 1. The van der Waals surface area contributed by atoms with E-state index >= 15 is 0 Å². The Morgan fingerprint density at radius 2 is 2.25 bits per heavy atom. The average Bonchev–Trinajstić information content (AvgIpc) is 2.30. The van der Waals surface area contributed by atoms with Crippen LogP contribution in [-0.4, -0.2) is 37.9 Å². The molecule has 4 heteroatoms. The molecule has 0 heterocycles. The van der Waals surface area contributed by atoms with E-state index in [0.717, 1.165) is 18.8 Å². The monoisotopic (exact) mass is 223 g/mol. The highest BCUT2D eigenvalue weighted by molar-refractivity contribution is 5.88. The van der Waals surface area contributed by atoms with Gasteiger partial charge in [0.15, 0.2) is 0 Å². The maximum Gasteiger partial charge on any atom is 0.335 e. The molecule has 0 aliphatic rings. The van der Waals surface area contributed by atoms with Crippen LogP contribution in [0, 0.1) is 0 Å². The third kappa shape index (κ3) is 3.24. The van der Waals surface area contributed by atoms with Crippen LogP contribution in [-0.2, 0) is 4.74 Å². The Morgan fingerprint density at radius 3 is 2.81 bits per heavy atom. The summed E-state index contributed by atoms with van der Waals surface area (Å²) in [6.45, 7) is 4.25. The molecule has 0 bridgehead atoms. The fourth-order valence-electron chi connectivity index (χ4n) is 1.51. The molecule has 0 aliphatic carbocycles. The predicted octanol–water partition coefficient (Wildman–Crippen LogP) is 1.86. The Kier molecular flexibility index (Phi) is 4.79. The number of anilines is 1. The molecule has 0 spiro atoms. The van der Waals surface area contributed by atoms with Crippen LogP contribution in [0.25, 0.3) is 0 Å². The highest BCUT2D eigenvalue weighted by Crippen LogP contribution is 2.15. The number of carboxylic acids is 1. The second kappa shape index (κ2) is 6.12. The van der Waals surface area contributed by atoms with Gasteiger partial charge in [-0.15, -0.1) is 0 Å². The van der Waals surface area contributed by atoms with Crippen molar-refractivity contribution in [3.63, 3.8) is 0 Å². The first-order valence-electron chi connectivity index (χ1n) is 5.26. The number of ether oxygens (including phenoxy) is 1. The number of hydrogen-bond acceptors (Lipinski definition) is 3. The van der Waals surface area contributed by atoms with Gasteiger partial charge in [-0.2, -0.15) is 0 Å². The summed E-state index contributed by atoms with van der Waals surface area (Å²) in [7, 11) is 1.65. The summed E-state index contributed by atoms with van der Waals surface area (Å²) in [5.74, 6) is -0.898. The van der Waals surface area contributed by atoms with Crippen LogP contribution in [0.2, 0.25) is 0 Å². The van der Waals surface area contributed by atoms with Crippen LogP contribution >= 0.6 is 0 Å². The lowest BCUT2D eigenvalue weighted by atomic mass is 10.2. The van der Waals surface area contributed by atoms with E-state index in [1.165, 1.54) is 0 Å². The summed E-state index contributed by atoms with van der Waals surface area (Å²) in [5, 5.41) is 8.90. The second-order valence-electron chi connectivity index (χ2n) is 3.43. The number of benzene rings is 1. The standard InChI is InChI=1S/C12H17NO3/c1-3-13(7-8-16-2)11-6-4-5-10(9-11)12(14)15/h4-6,9H,3,7-8H2,1-2H3,(H,14,15). The molecular formula is C12H17NO3. The minimum Gasteiger partial charge on any atom is -0.478 e. The van der Waals surface area contributed by atoms with Gasteiger partial charge in [-0.05, 0) is 25.1 Å². The smallest absolute Gasteiger partial charge is 0.335 e. The number of hydrogen-bond donors (Lipinski definition) is 1. The normalized spacial score (nSPS) is 10.1. The van der Waals surface area contributed by atoms with E-state index in [1.807, 2.05) is 13.0 Å². The van der Waals surface area contributed by atoms with Gasteiger partial charge in [0.25, 0.3) is 0 Å². The van der Waals surface area contributed by atoms with Crippen LogP contribution in [0.3, 0.4) is 0 Å². The summed E-state index contributed by atoms with van der Waals surface area (Å²) in [5.41, 5.74) is 1.23. The van der Waals surface area contributed by atoms with Gasteiger partial charge in [-0.25, -0.2) is 4.79 Å². The zero-order chi connectivity index (χ0) is 12.0. The zero-order valence-corrected chi connectivity index (χ0v) is 9.64. The summed E-state index contributed by atoms with van der Waals surface area (Å²) in [6, 6.07) is 6.94. The molecule has 0 aromatic heterocycles. The van der Waals surface area contributed by atoms with Gasteiger partial charge in [0.05, 0.1) is 12.2 Å². The van der Waals surface area contributed by atoms with Gasteiger partial charge in [0.1, 0.15) is 0 Å². The van der Waals surface area contributed by atoms with Gasteiger partial charge in [0.2, 0.25) is 0 Å². The lowest BCUT2D eigenvalue weighted by Gasteiger charge is -2.22. The number of carbonyl (C=O) groups is 1. The van der Waals surface area contributed by atoms with Crippen molar-refractivity contribution in [2.75, 3.05) is 31.7 Å². The van der Waals surface area contributed by atoms with Gasteiger partial charge in [-0.3, -0.25) is 0 Å². The lowest BCUT2D eigenvalue weighted by Crippen LogP contribution is -2.26. The largest absolute Gasteiger partial charge is 0.478 e. The minimum absolute atomic E-state index is 0.313. The van der Waals surface area contributed by atoms with Crippen molar-refractivity contribution in [1.82, 2.24) is 0 Å². The maximum absolute atomic E-state index is 10.8. The Labute approximate surface area is 95.5 Å². The van der Waals surface area contributed by atoms with E-state index in [4.69, 9.17) is 9.84 Å². The van der Waals surface area contributed by atoms with Gasteiger partial charge in [-0.1, -0.05) is 6.07 Å². The molecule has 1 N–H and O–H groups in total. The van der Waals surface area contributed by atoms with E-state index in [0.29, 0.717) is 12.2 Å². The summed E-state index contributed by atoms with van der Waals surface area (Å²) < 4.78 is 5.02. The van der Waals surface area contributed by atoms with Crippen molar-refractivity contribution in [2.24, 2.45) is 0 Å². The van der Waals surface area contributed by atoms with Crippen molar-refractivity contribution < 1.29 is 14.6 Å². The minimum atomic E-state index is -0.898. The van der Waals surface area contributed by atoms with E-state index < -0.39 is 5.97 Å². The van der Waals surface area contributed by atoms with Crippen molar-refractivity contribution >= 4 is 11.7 Å². The molecule has 1 rings (SSSR count). The number of aromatic carboxylic acids is 1. The van der Waals surface area contributed by atoms with Crippen molar-refractivity contribution in [3.05, 3.63) is 29.8 Å². The Balaban J connectivity index is 2.83. The number of nitrogens with zero attached hydrogens (tertiary/aromatic N) is 1. The SMILES string of the molecule is CCN(CCOC)c1cccc(C(=O)O)c1. The van der Waals surface area contributed by atoms with E-state index in [1.54, 1.807) is 25.3 Å². The average molecular weight is 223 g/mol. The first-order valence-corrected chi connectivity index (χ1v) is 5.26. The third-order valence-corrected chi connectivity index (χ3v) is 2.41. The molecule has 0 saturated carbocycles. The van der Waals surface area contributed by atoms with Gasteiger partial charge in [0, 0.05) is 25.9 Å². The molecule has 0 aliphatic heterocycles. The van der Waals surface area contributed by atoms with E-state index in [-0.39, 0.29) is 0 Å². The fraction of sp³-hybridized carbons (Fsp3) is 0.417. The number of methoxy groups -OCH3 is 1. The van der Waals surface area contributed by atoms with Crippen molar-refractivity contribution in [3.8, 4) is 0 Å². The zero-order valence-electron chi connectivity index (χ0n) is 9.64. The third-order valence-electron chi connectivity index (χ3n) is 2.41. The predicted molar refractivity (Wildman–Crippen MR) is 63.2 cm³/mol. The maximum atomic E-state index is 10.8. The highest BCUT2D eigenvalue weighted by atomic mass is 16.5. The molecule has 16 heavy (non-hydrogen) atoms. The van der Waals surface area contributed by atoms with Crippen LogP contribution in [0.4, 0.5) is 5.69 Å². The molecule has 0 saturated heterocycles. The van der Waals surface area contributed by atoms with Crippen molar-refractivity contribution in [2.45, 2.75) is 6.92 Å². The summed E-state index contributed by atoms with van der Waals surface area (Å²) in [6.07, 6.45) is 0. The Hall–Kier alpha value is -1.55. The quantitative estimate of drug-likeness (QED) is 0.799. The lowest BCUT2D eigenvalue weighted by molar-refractivity contribution is 0.0697. The van der Waals surface area contributed by atoms with Gasteiger partial charge < -0.3 is 14.7 Å². The van der Waals surface area contributed by atoms with E-state index in [2.05, 4.69) is 4.90 Å². The molecule has 0 unspecified atom stereocenters. The van der Waals surface area contributed by atoms with Crippen LogP contribution in [0.1, 0.15) is 17.3 Å². The molecule has 0 fully saturated rings. The van der Waals surface area contributed by atoms with E-state index in [9.17, 15) is 4.79 Å². The highest BCUT2D eigenvalue weighted by Gasteiger charge is 2.07. The summed E-state index contributed by atoms with van der Waals surface area (Å²) in [4.78, 5) is 12.9. The number of likely N-dealkylation sites (N-methyl/N-ethyl adjacent to an activating group) is 1. The molecule has 0 atom stereocenters. The topological polar surface area (TPSA) is 49.8 Å². The van der Waals surface area contributed by atoms with Gasteiger partial charge >= 0.3 is 5.97 Å². The number of rotatable bonds is 6.